The Morgan fingerprint density at radius 3 is 2.92 bits per heavy atom. The van der Waals surface area contributed by atoms with Crippen LogP contribution in [0.4, 0.5) is 9.18 Å². The maximum absolute atomic E-state index is 12.9. The second-order valence-corrected chi connectivity index (χ2v) is 2.97. The topological polar surface area (TPSA) is 32.3 Å². The highest BCUT2D eigenvalue weighted by Gasteiger charge is 2.20. The second-order valence-electron chi connectivity index (χ2n) is 2.97. The van der Waals surface area contributed by atoms with Crippen LogP contribution in [-0.4, -0.2) is 17.5 Å². The third kappa shape index (κ3) is 2.18. The summed E-state index contributed by atoms with van der Waals surface area (Å²) in [7, 11) is 0. The van der Waals surface area contributed by atoms with Gasteiger partial charge in [-0.1, -0.05) is 18.7 Å². The number of hydrogen-bond donors (Lipinski definition) is 1. The van der Waals surface area contributed by atoms with Crippen LogP contribution >= 0.6 is 0 Å². The highest BCUT2D eigenvalue weighted by atomic mass is 19.1. The highest BCUT2D eigenvalue weighted by Crippen LogP contribution is 2.14. The van der Waals surface area contributed by atoms with Crippen LogP contribution in [0.3, 0.4) is 0 Å². The number of rotatable bonds is 2. The summed E-state index contributed by atoms with van der Waals surface area (Å²) in [6.45, 7) is 9.05. The van der Waals surface area contributed by atoms with Crippen molar-refractivity contribution in [1.82, 2.24) is 10.2 Å². The fraction of sp³-hybridized carbons (Fsp3) is 0.222. The minimum atomic E-state index is -0.527. The molecule has 0 aromatic carbocycles. The lowest BCUT2D eigenvalue weighted by atomic mass is 10.3. The molecule has 0 bridgehead atoms. The third-order valence-electron chi connectivity index (χ3n) is 1.52. The first-order chi connectivity index (χ1) is 6.00. The number of carbonyl (C=O) groups excluding carboxylic acids is 1. The molecule has 13 heavy (non-hydrogen) atoms. The molecule has 0 aliphatic carbocycles. The molecule has 0 saturated heterocycles. The molecule has 0 unspecified atom stereocenters. The number of nitrogens with one attached hydrogen (secondary N) is 1. The van der Waals surface area contributed by atoms with E-state index >= 15 is 0 Å². The Morgan fingerprint density at radius 2 is 2.38 bits per heavy atom. The van der Waals surface area contributed by atoms with Crippen LogP contribution in [0.1, 0.15) is 6.92 Å². The van der Waals surface area contributed by atoms with Crippen LogP contribution in [0.2, 0.25) is 0 Å². The Labute approximate surface area is 76.2 Å². The van der Waals surface area contributed by atoms with Gasteiger partial charge in [0.05, 0.1) is 5.70 Å². The molecule has 1 aliphatic rings. The molecule has 0 aromatic heterocycles. The van der Waals surface area contributed by atoms with Gasteiger partial charge in [-0.15, -0.1) is 0 Å². The number of allylic oxidation sites excluding steroid dienone is 1. The molecule has 0 atom stereocenters. The number of urea groups is 1. The van der Waals surface area contributed by atoms with Gasteiger partial charge in [-0.25, -0.2) is 9.18 Å². The Hall–Kier alpha value is -1.58. The first-order valence-corrected chi connectivity index (χ1v) is 3.79. The SMILES string of the molecule is C=C(C)CN1C=C(F)C(=C)NC1=O. The first kappa shape index (κ1) is 9.51. The van der Waals surface area contributed by atoms with E-state index < -0.39 is 5.83 Å². The van der Waals surface area contributed by atoms with Crippen LogP contribution in [0.15, 0.2) is 36.5 Å². The molecule has 3 nitrogen and oxygen atoms in total. The van der Waals surface area contributed by atoms with Gasteiger partial charge in [0.2, 0.25) is 0 Å². The van der Waals surface area contributed by atoms with Crippen molar-refractivity contribution in [3.8, 4) is 0 Å². The van der Waals surface area contributed by atoms with Crippen molar-refractivity contribution < 1.29 is 9.18 Å². The van der Waals surface area contributed by atoms with Crippen molar-refractivity contribution in [2.45, 2.75) is 6.92 Å². The van der Waals surface area contributed by atoms with Crippen molar-refractivity contribution in [2.75, 3.05) is 6.54 Å². The van der Waals surface area contributed by atoms with Gasteiger partial charge < -0.3 is 5.32 Å². The van der Waals surface area contributed by atoms with E-state index in [1.54, 1.807) is 6.92 Å². The molecular formula is C9H11FN2O. The Balaban J connectivity index is 2.81. The van der Waals surface area contributed by atoms with Crippen LogP contribution in [0.25, 0.3) is 0 Å². The molecule has 1 aliphatic heterocycles. The van der Waals surface area contributed by atoms with Crippen molar-refractivity contribution >= 4 is 6.03 Å². The Morgan fingerprint density at radius 1 is 1.77 bits per heavy atom. The summed E-state index contributed by atoms with van der Waals surface area (Å²) in [6.07, 6.45) is 1.12. The summed E-state index contributed by atoms with van der Waals surface area (Å²) >= 11 is 0. The summed E-state index contributed by atoms with van der Waals surface area (Å²) in [6, 6.07) is -0.380. The molecule has 1 heterocycles. The smallest absolute Gasteiger partial charge is 0.305 e. The monoisotopic (exact) mass is 182 g/mol. The summed E-state index contributed by atoms with van der Waals surface area (Å²) in [5, 5.41) is 2.29. The molecule has 0 radical (unpaired) electrons. The largest absolute Gasteiger partial charge is 0.326 e. The molecule has 1 rings (SSSR count). The minimum Gasteiger partial charge on any atom is -0.305 e. The van der Waals surface area contributed by atoms with Crippen LogP contribution in [0, 0.1) is 0 Å². The quantitative estimate of drug-likeness (QED) is 0.650. The van der Waals surface area contributed by atoms with Gasteiger partial charge in [0.1, 0.15) is 0 Å². The van der Waals surface area contributed by atoms with Crippen molar-refractivity contribution in [1.29, 1.82) is 0 Å². The first-order valence-electron chi connectivity index (χ1n) is 3.79. The van der Waals surface area contributed by atoms with E-state index in [1.165, 1.54) is 4.90 Å². The Kier molecular flexibility index (Phi) is 2.51. The van der Waals surface area contributed by atoms with E-state index in [0.717, 1.165) is 11.8 Å². The summed E-state index contributed by atoms with van der Waals surface area (Å²) in [5.74, 6) is -0.527. The third-order valence-corrected chi connectivity index (χ3v) is 1.52. The van der Waals surface area contributed by atoms with Crippen molar-refractivity contribution in [3.05, 3.63) is 36.5 Å². The maximum Gasteiger partial charge on any atom is 0.326 e. The normalized spacial score (nSPS) is 16.8. The van der Waals surface area contributed by atoms with Crippen molar-refractivity contribution in [3.63, 3.8) is 0 Å². The average molecular weight is 182 g/mol. The molecule has 0 saturated carbocycles. The van der Waals surface area contributed by atoms with E-state index in [2.05, 4.69) is 18.5 Å². The van der Waals surface area contributed by atoms with Gasteiger partial charge in [0.15, 0.2) is 5.83 Å². The van der Waals surface area contributed by atoms with E-state index in [0.29, 0.717) is 6.54 Å². The van der Waals surface area contributed by atoms with E-state index in [4.69, 9.17) is 0 Å². The number of nitrogens with zero attached hydrogens (tertiary/aromatic N) is 1. The predicted molar refractivity (Wildman–Crippen MR) is 48.4 cm³/mol. The fourth-order valence-corrected chi connectivity index (χ4v) is 0.942. The van der Waals surface area contributed by atoms with Crippen molar-refractivity contribution in [2.24, 2.45) is 0 Å². The fourth-order valence-electron chi connectivity index (χ4n) is 0.942. The number of hydrogen-bond acceptors (Lipinski definition) is 1. The molecule has 2 amide bonds. The zero-order valence-electron chi connectivity index (χ0n) is 7.43. The van der Waals surface area contributed by atoms with Crippen LogP contribution in [-0.2, 0) is 0 Å². The van der Waals surface area contributed by atoms with Gasteiger partial charge in [-0.05, 0) is 6.92 Å². The molecule has 0 aromatic rings. The van der Waals surface area contributed by atoms with Gasteiger partial charge in [0.25, 0.3) is 0 Å². The molecule has 4 heteroatoms. The minimum absolute atomic E-state index is 0.00275. The zero-order valence-corrected chi connectivity index (χ0v) is 7.43. The molecule has 70 valence electrons. The van der Waals surface area contributed by atoms with Crippen LogP contribution in [0.5, 0.6) is 0 Å². The standard InChI is InChI=1S/C9H11FN2O/c1-6(2)4-12-5-8(10)7(3)11-9(12)13/h5H,1,3-4H2,2H3,(H,11,13). The lowest BCUT2D eigenvalue weighted by Gasteiger charge is -2.24. The van der Waals surface area contributed by atoms with Gasteiger partial charge in [0, 0.05) is 12.7 Å². The Bertz CT molecular complexity index is 307. The molecule has 1 N–H and O–H groups in total. The highest BCUT2D eigenvalue weighted by molar-refractivity contribution is 5.80. The lowest BCUT2D eigenvalue weighted by molar-refractivity contribution is 0.217. The number of halogens is 1. The number of amides is 2. The molecule has 0 fully saturated rings. The predicted octanol–water partition coefficient (Wildman–Crippen LogP) is 1.91. The van der Waals surface area contributed by atoms with Gasteiger partial charge in [-0.3, -0.25) is 4.90 Å². The second kappa shape index (κ2) is 3.43. The van der Waals surface area contributed by atoms with Crippen LogP contribution < -0.4 is 5.32 Å². The van der Waals surface area contributed by atoms with E-state index in [1.807, 2.05) is 0 Å². The van der Waals surface area contributed by atoms with Gasteiger partial charge in [-0.2, -0.15) is 0 Å². The molecule has 0 spiro atoms. The van der Waals surface area contributed by atoms with E-state index in [-0.39, 0.29) is 11.7 Å². The summed E-state index contributed by atoms with van der Waals surface area (Å²) in [5.41, 5.74) is 0.787. The lowest BCUT2D eigenvalue weighted by Crippen LogP contribution is -2.40. The summed E-state index contributed by atoms with van der Waals surface area (Å²) in [4.78, 5) is 12.4. The maximum atomic E-state index is 12.9. The van der Waals surface area contributed by atoms with Gasteiger partial charge >= 0.3 is 6.03 Å². The van der Waals surface area contributed by atoms with E-state index in [9.17, 15) is 9.18 Å². The number of carbonyl (C=O) groups is 1. The molecular weight excluding hydrogens is 171 g/mol. The summed E-state index contributed by atoms with van der Waals surface area (Å²) < 4.78 is 12.9. The zero-order chi connectivity index (χ0) is 10.0. The average Bonchev–Trinajstić information content (AvgIpc) is 1.99.